The minimum absolute atomic E-state index is 0.120. The van der Waals surface area contributed by atoms with E-state index in [0.29, 0.717) is 29.4 Å². The second kappa shape index (κ2) is 9.17. The van der Waals surface area contributed by atoms with E-state index in [9.17, 15) is 14.4 Å². The molecule has 1 heterocycles. The first-order chi connectivity index (χ1) is 14.2. The zero-order valence-corrected chi connectivity index (χ0v) is 17.8. The van der Waals surface area contributed by atoms with Crippen LogP contribution >= 0.6 is 11.6 Å². The predicted octanol–water partition coefficient (Wildman–Crippen LogP) is 4.40. The molecule has 7 nitrogen and oxygen atoms in total. The molecule has 0 saturated carbocycles. The van der Waals surface area contributed by atoms with Gasteiger partial charge in [-0.1, -0.05) is 11.6 Å². The number of nitrogens with one attached hydrogen (secondary N) is 3. The number of piperidine rings is 1. The third kappa shape index (κ3) is 5.51. The Morgan fingerprint density at radius 1 is 0.933 bits per heavy atom. The minimum atomic E-state index is -1.15. The van der Waals surface area contributed by atoms with Gasteiger partial charge in [0.1, 0.15) is 5.54 Å². The Balaban J connectivity index is 1.57. The Hall–Kier alpha value is -3.06. The van der Waals surface area contributed by atoms with Gasteiger partial charge in [0, 0.05) is 35.1 Å². The quantitative estimate of drug-likeness (QED) is 0.659. The zero-order chi connectivity index (χ0) is 21.7. The molecule has 8 heteroatoms. The van der Waals surface area contributed by atoms with E-state index >= 15 is 0 Å². The molecule has 0 spiro atoms. The Morgan fingerprint density at radius 2 is 1.53 bits per heavy atom. The summed E-state index contributed by atoms with van der Waals surface area (Å²) in [6.45, 7) is 3.94. The molecule has 3 rings (SSSR count). The molecule has 1 fully saturated rings. The molecular formula is C22H25ClN4O3. The van der Waals surface area contributed by atoms with Crippen LogP contribution in [0.2, 0.25) is 5.02 Å². The van der Waals surface area contributed by atoms with Crippen LogP contribution in [-0.2, 0) is 9.59 Å². The summed E-state index contributed by atoms with van der Waals surface area (Å²) in [5.74, 6) is -0.245. The predicted molar refractivity (Wildman–Crippen MR) is 119 cm³/mol. The number of benzene rings is 2. The lowest BCUT2D eigenvalue weighted by Crippen LogP contribution is -2.53. The van der Waals surface area contributed by atoms with E-state index < -0.39 is 11.6 Å². The summed E-state index contributed by atoms with van der Waals surface area (Å²) < 4.78 is 0. The molecule has 2 aromatic carbocycles. The SMILES string of the molecule is CC(C)(NC(=O)Nc1ccc(Cl)cc1)C(=O)Nc1ccc(N2CCCCC2=O)cc1. The summed E-state index contributed by atoms with van der Waals surface area (Å²) in [4.78, 5) is 38.7. The first-order valence-electron chi connectivity index (χ1n) is 9.81. The standard InChI is InChI=1S/C22H25ClN4O3/c1-22(2,26-21(30)25-17-8-6-15(23)7-9-17)20(29)24-16-10-12-18(13-11-16)27-14-4-3-5-19(27)28/h6-13H,3-5,14H2,1-2H3,(H,24,29)(H2,25,26,30). The van der Waals surface area contributed by atoms with Crippen molar-refractivity contribution in [3.63, 3.8) is 0 Å². The van der Waals surface area contributed by atoms with Gasteiger partial charge >= 0.3 is 6.03 Å². The van der Waals surface area contributed by atoms with Crippen molar-refractivity contribution in [2.24, 2.45) is 0 Å². The monoisotopic (exact) mass is 428 g/mol. The fraction of sp³-hybridized carbons (Fsp3) is 0.318. The van der Waals surface area contributed by atoms with Gasteiger partial charge in [-0.2, -0.15) is 0 Å². The molecule has 158 valence electrons. The molecule has 0 aromatic heterocycles. The largest absolute Gasteiger partial charge is 0.324 e. The van der Waals surface area contributed by atoms with Crippen LogP contribution in [0.4, 0.5) is 21.9 Å². The van der Waals surface area contributed by atoms with Crippen molar-refractivity contribution in [1.82, 2.24) is 5.32 Å². The fourth-order valence-electron chi connectivity index (χ4n) is 3.13. The summed E-state index contributed by atoms with van der Waals surface area (Å²) in [5.41, 5.74) is 0.812. The summed E-state index contributed by atoms with van der Waals surface area (Å²) in [7, 11) is 0. The van der Waals surface area contributed by atoms with E-state index in [1.807, 2.05) is 12.1 Å². The molecular weight excluding hydrogens is 404 g/mol. The number of hydrogen-bond donors (Lipinski definition) is 3. The lowest BCUT2D eigenvalue weighted by Gasteiger charge is -2.27. The van der Waals surface area contributed by atoms with Crippen molar-refractivity contribution in [3.8, 4) is 0 Å². The fourth-order valence-corrected chi connectivity index (χ4v) is 3.25. The highest BCUT2D eigenvalue weighted by Gasteiger charge is 2.29. The maximum Gasteiger partial charge on any atom is 0.320 e. The van der Waals surface area contributed by atoms with Gasteiger partial charge in [0.05, 0.1) is 0 Å². The van der Waals surface area contributed by atoms with Crippen molar-refractivity contribution in [2.45, 2.75) is 38.6 Å². The summed E-state index contributed by atoms with van der Waals surface area (Å²) >= 11 is 5.83. The number of carbonyl (C=O) groups is 3. The van der Waals surface area contributed by atoms with Crippen molar-refractivity contribution >= 4 is 46.5 Å². The van der Waals surface area contributed by atoms with Crippen LogP contribution in [0.15, 0.2) is 48.5 Å². The topological polar surface area (TPSA) is 90.5 Å². The van der Waals surface area contributed by atoms with Gasteiger partial charge in [-0.25, -0.2) is 4.79 Å². The van der Waals surface area contributed by atoms with Crippen molar-refractivity contribution in [1.29, 1.82) is 0 Å². The molecule has 4 amide bonds. The van der Waals surface area contributed by atoms with Gasteiger partial charge in [-0.05, 0) is 75.2 Å². The van der Waals surface area contributed by atoms with Crippen LogP contribution in [0.5, 0.6) is 0 Å². The summed E-state index contributed by atoms with van der Waals surface area (Å²) in [5, 5.41) is 8.69. The van der Waals surface area contributed by atoms with E-state index in [1.165, 1.54) is 0 Å². The lowest BCUT2D eigenvalue weighted by atomic mass is 10.0. The molecule has 0 unspecified atom stereocenters. The first kappa shape index (κ1) is 21.6. The Bertz CT molecular complexity index is 926. The smallest absolute Gasteiger partial charge is 0.320 e. The van der Waals surface area contributed by atoms with Gasteiger partial charge < -0.3 is 20.9 Å². The number of rotatable bonds is 5. The molecule has 0 atom stereocenters. The second-order valence-corrected chi connectivity index (χ2v) is 8.15. The number of hydrogen-bond acceptors (Lipinski definition) is 3. The molecule has 1 aliphatic rings. The highest BCUT2D eigenvalue weighted by molar-refractivity contribution is 6.30. The van der Waals surface area contributed by atoms with Gasteiger partial charge in [-0.3, -0.25) is 9.59 Å². The second-order valence-electron chi connectivity index (χ2n) is 7.71. The first-order valence-corrected chi connectivity index (χ1v) is 10.2. The van der Waals surface area contributed by atoms with Gasteiger partial charge in [0.15, 0.2) is 0 Å². The van der Waals surface area contributed by atoms with Crippen LogP contribution in [0.3, 0.4) is 0 Å². The number of urea groups is 1. The van der Waals surface area contributed by atoms with Crippen LogP contribution in [0, 0.1) is 0 Å². The molecule has 0 bridgehead atoms. The Labute approximate surface area is 180 Å². The van der Waals surface area contributed by atoms with Crippen LogP contribution < -0.4 is 20.9 Å². The number of anilines is 3. The van der Waals surface area contributed by atoms with Crippen LogP contribution in [-0.4, -0.2) is 29.9 Å². The summed E-state index contributed by atoms with van der Waals surface area (Å²) in [6.07, 6.45) is 2.48. The van der Waals surface area contributed by atoms with E-state index in [1.54, 1.807) is 55.1 Å². The Kier molecular flexibility index (Phi) is 6.62. The Morgan fingerprint density at radius 3 is 2.17 bits per heavy atom. The summed E-state index contributed by atoms with van der Waals surface area (Å²) in [6, 6.07) is 13.3. The number of halogens is 1. The average Bonchev–Trinajstić information content (AvgIpc) is 2.70. The van der Waals surface area contributed by atoms with Crippen molar-refractivity contribution in [2.75, 3.05) is 22.1 Å². The molecule has 1 saturated heterocycles. The van der Waals surface area contributed by atoms with Gasteiger partial charge in [0.2, 0.25) is 11.8 Å². The van der Waals surface area contributed by atoms with Gasteiger partial charge in [0.25, 0.3) is 0 Å². The van der Waals surface area contributed by atoms with Crippen molar-refractivity contribution < 1.29 is 14.4 Å². The molecule has 0 radical (unpaired) electrons. The number of nitrogens with zero attached hydrogens (tertiary/aromatic N) is 1. The van der Waals surface area contributed by atoms with E-state index in [0.717, 1.165) is 18.5 Å². The normalized spacial score (nSPS) is 14.2. The third-order valence-electron chi connectivity index (χ3n) is 4.86. The minimum Gasteiger partial charge on any atom is -0.324 e. The van der Waals surface area contributed by atoms with Crippen molar-refractivity contribution in [3.05, 3.63) is 53.6 Å². The maximum atomic E-state index is 12.7. The van der Waals surface area contributed by atoms with E-state index in [4.69, 9.17) is 11.6 Å². The maximum absolute atomic E-state index is 12.7. The zero-order valence-electron chi connectivity index (χ0n) is 17.0. The molecule has 30 heavy (non-hydrogen) atoms. The van der Waals surface area contributed by atoms with Crippen LogP contribution in [0.25, 0.3) is 0 Å². The average molecular weight is 429 g/mol. The van der Waals surface area contributed by atoms with E-state index in [2.05, 4.69) is 16.0 Å². The molecule has 1 aliphatic heterocycles. The third-order valence-corrected chi connectivity index (χ3v) is 5.11. The lowest BCUT2D eigenvalue weighted by molar-refractivity contribution is -0.121. The molecule has 3 N–H and O–H groups in total. The number of carbonyl (C=O) groups excluding carboxylic acids is 3. The van der Waals surface area contributed by atoms with E-state index in [-0.39, 0.29) is 11.8 Å². The number of amides is 4. The molecule has 2 aromatic rings. The highest BCUT2D eigenvalue weighted by Crippen LogP contribution is 2.23. The van der Waals surface area contributed by atoms with Gasteiger partial charge in [-0.15, -0.1) is 0 Å². The van der Waals surface area contributed by atoms with Crippen LogP contribution in [0.1, 0.15) is 33.1 Å². The molecule has 0 aliphatic carbocycles. The highest BCUT2D eigenvalue weighted by atomic mass is 35.5.